The molecule has 2 aromatic carbocycles. The van der Waals surface area contributed by atoms with Gasteiger partial charge in [-0.25, -0.2) is 12.7 Å². The van der Waals surface area contributed by atoms with Crippen LogP contribution < -0.4 is 5.32 Å². The molecule has 30 heavy (non-hydrogen) atoms. The highest BCUT2D eigenvalue weighted by atomic mass is 32.2. The molecule has 0 fully saturated rings. The van der Waals surface area contributed by atoms with Gasteiger partial charge in [-0.3, -0.25) is 9.59 Å². The third-order valence-electron chi connectivity index (χ3n) is 4.32. The molecule has 0 spiro atoms. The molecule has 0 saturated heterocycles. The molecule has 0 aromatic heterocycles. The van der Waals surface area contributed by atoms with E-state index in [1.165, 1.54) is 50.4 Å². The highest BCUT2D eigenvalue weighted by Gasteiger charge is 2.30. The van der Waals surface area contributed by atoms with Crippen LogP contribution in [0.1, 0.15) is 35.7 Å². The van der Waals surface area contributed by atoms with Crippen molar-refractivity contribution >= 4 is 27.4 Å². The second-order valence-corrected chi connectivity index (χ2v) is 8.68. The van der Waals surface area contributed by atoms with E-state index < -0.39 is 27.7 Å². The molecule has 1 N–H and O–H groups in total. The lowest BCUT2D eigenvalue weighted by atomic mass is 10.2. The number of anilines is 1. The zero-order valence-electron chi connectivity index (χ0n) is 16.4. The Hall–Kier alpha value is -2.72. The number of nitrogens with zero attached hydrogens (tertiary/aromatic N) is 1. The number of hydrogen-bond donors (Lipinski definition) is 1. The molecule has 6 nitrogen and oxygen atoms in total. The molecule has 0 radical (unpaired) electrons. The Balaban J connectivity index is 1.91. The number of alkyl halides is 3. The summed E-state index contributed by atoms with van der Waals surface area (Å²) in [5, 5.41) is 2.38. The van der Waals surface area contributed by atoms with E-state index in [9.17, 15) is 31.2 Å². The van der Waals surface area contributed by atoms with Crippen molar-refractivity contribution in [3.05, 3.63) is 59.7 Å². The van der Waals surface area contributed by atoms with E-state index in [2.05, 4.69) is 5.32 Å². The van der Waals surface area contributed by atoms with Crippen LogP contribution in [-0.4, -0.2) is 38.0 Å². The first-order valence-corrected chi connectivity index (χ1v) is 10.4. The van der Waals surface area contributed by atoms with Gasteiger partial charge in [0.1, 0.15) is 0 Å². The van der Waals surface area contributed by atoms with Crippen LogP contribution in [0.5, 0.6) is 0 Å². The Morgan fingerprint density at radius 2 is 1.70 bits per heavy atom. The molecule has 0 unspecified atom stereocenters. The Morgan fingerprint density at radius 1 is 1.07 bits per heavy atom. The third-order valence-corrected chi connectivity index (χ3v) is 6.19. The maximum atomic E-state index is 12.7. The van der Waals surface area contributed by atoms with Crippen LogP contribution in [0.25, 0.3) is 0 Å². The fourth-order valence-corrected chi connectivity index (χ4v) is 3.83. The Morgan fingerprint density at radius 3 is 2.27 bits per heavy atom. The van der Waals surface area contributed by atoms with E-state index in [1.54, 1.807) is 0 Å². The fourth-order valence-electron chi connectivity index (χ4n) is 2.62. The van der Waals surface area contributed by atoms with Crippen LogP contribution >= 0.6 is 0 Å². The van der Waals surface area contributed by atoms with Gasteiger partial charge in [-0.15, -0.1) is 0 Å². The molecule has 1 amide bonds. The van der Waals surface area contributed by atoms with Crippen molar-refractivity contribution in [2.75, 3.05) is 18.9 Å². The van der Waals surface area contributed by atoms with Gasteiger partial charge < -0.3 is 5.32 Å². The number of ketones is 1. The lowest BCUT2D eigenvalue weighted by Crippen LogP contribution is -2.28. The average Bonchev–Trinajstić information content (AvgIpc) is 2.67. The lowest BCUT2D eigenvalue weighted by molar-refractivity contribution is -0.137. The Bertz CT molecular complexity index is 1020. The fraction of sp³-hybridized carbons (Fsp3) is 0.300. The SMILES string of the molecule is CC(=O)c1ccc(S(=O)(=O)N(C)CCCC(=O)Nc2cccc(C(F)(F)F)c2)cc1. The predicted molar refractivity (Wildman–Crippen MR) is 106 cm³/mol. The minimum absolute atomic E-state index is 0.0152. The zero-order valence-corrected chi connectivity index (χ0v) is 17.2. The molecule has 0 aliphatic carbocycles. The molecule has 0 atom stereocenters. The molecule has 0 aliphatic heterocycles. The van der Waals surface area contributed by atoms with Gasteiger partial charge in [-0.1, -0.05) is 18.2 Å². The van der Waals surface area contributed by atoms with Crippen molar-refractivity contribution in [2.45, 2.75) is 30.8 Å². The quantitative estimate of drug-likeness (QED) is 0.628. The summed E-state index contributed by atoms with van der Waals surface area (Å²) in [6, 6.07) is 9.78. The maximum absolute atomic E-state index is 12.7. The highest BCUT2D eigenvalue weighted by molar-refractivity contribution is 7.89. The van der Waals surface area contributed by atoms with Gasteiger partial charge in [0.25, 0.3) is 0 Å². The van der Waals surface area contributed by atoms with Gasteiger partial charge >= 0.3 is 6.18 Å². The number of benzene rings is 2. The highest BCUT2D eigenvalue weighted by Crippen LogP contribution is 2.30. The summed E-state index contributed by atoms with van der Waals surface area (Å²) in [6.45, 7) is 1.41. The molecule has 0 bridgehead atoms. The van der Waals surface area contributed by atoms with Crippen molar-refractivity contribution in [3.63, 3.8) is 0 Å². The molecule has 162 valence electrons. The van der Waals surface area contributed by atoms with Crippen LogP contribution in [0.4, 0.5) is 18.9 Å². The number of halogens is 3. The first-order valence-electron chi connectivity index (χ1n) is 8.95. The predicted octanol–water partition coefficient (Wildman–Crippen LogP) is 3.95. The second kappa shape index (κ2) is 9.40. The number of Topliss-reactive ketones (excluding diaryl/α,β-unsaturated/α-hetero) is 1. The van der Waals surface area contributed by atoms with Gasteiger partial charge in [0.2, 0.25) is 15.9 Å². The summed E-state index contributed by atoms with van der Waals surface area (Å²) in [6.07, 6.45) is -4.41. The molecule has 0 heterocycles. The summed E-state index contributed by atoms with van der Waals surface area (Å²) < 4.78 is 64.3. The third kappa shape index (κ3) is 6.14. The van der Waals surface area contributed by atoms with E-state index >= 15 is 0 Å². The average molecular weight is 442 g/mol. The van der Waals surface area contributed by atoms with Gasteiger partial charge in [0.05, 0.1) is 10.5 Å². The van der Waals surface area contributed by atoms with Gasteiger partial charge in [-0.05, 0) is 43.7 Å². The topological polar surface area (TPSA) is 83.6 Å². The van der Waals surface area contributed by atoms with E-state index in [1.807, 2.05) is 0 Å². The van der Waals surface area contributed by atoms with Crippen LogP contribution in [0.2, 0.25) is 0 Å². The smallest absolute Gasteiger partial charge is 0.326 e. The molecule has 10 heteroatoms. The van der Waals surface area contributed by atoms with Crippen LogP contribution in [0.15, 0.2) is 53.4 Å². The summed E-state index contributed by atoms with van der Waals surface area (Å²) >= 11 is 0. The van der Waals surface area contributed by atoms with Gasteiger partial charge in [0, 0.05) is 31.3 Å². The van der Waals surface area contributed by atoms with Crippen molar-refractivity contribution in [3.8, 4) is 0 Å². The molecular formula is C20H21F3N2O4S. The standard InChI is InChI=1S/C20H21F3N2O4S/c1-14(26)15-8-10-18(11-9-15)30(28,29)25(2)12-4-7-19(27)24-17-6-3-5-16(13-17)20(21,22)23/h3,5-6,8-11,13H,4,7,12H2,1-2H3,(H,24,27). The summed E-state index contributed by atoms with van der Waals surface area (Å²) in [4.78, 5) is 23.3. The largest absolute Gasteiger partial charge is 0.416 e. The number of carbonyl (C=O) groups is 2. The van der Waals surface area contributed by atoms with E-state index in [0.717, 1.165) is 16.4 Å². The normalized spacial score (nSPS) is 12.1. The minimum Gasteiger partial charge on any atom is -0.326 e. The van der Waals surface area contributed by atoms with Crippen LogP contribution in [0.3, 0.4) is 0 Å². The van der Waals surface area contributed by atoms with Crippen LogP contribution in [0, 0.1) is 0 Å². The first kappa shape index (κ1) is 23.6. The van der Waals surface area contributed by atoms with Crippen molar-refractivity contribution < 1.29 is 31.2 Å². The molecule has 0 saturated carbocycles. The summed E-state index contributed by atoms with van der Waals surface area (Å²) in [5.41, 5.74) is -0.467. The van der Waals surface area contributed by atoms with Gasteiger partial charge in [-0.2, -0.15) is 13.2 Å². The monoisotopic (exact) mass is 442 g/mol. The number of amides is 1. The van der Waals surface area contributed by atoms with E-state index in [-0.39, 0.29) is 35.8 Å². The molecule has 2 aromatic rings. The number of rotatable bonds is 8. The number of nitrogens with one attached hydrogen (secondary N) is 1. The second-order valence-electron chi connectivity index (χ2n) is 6.64. The summed E-state index contributed by atoms with van der Waals surface area (Å²) in [5.74, 6) is -0.704. The number of sulfonamides is 1. The molecule has 0 aliphatic rings. The van der Waals surface area contributed by atoms with Crippen molar-refractivity contribution in [1.29, 1.82) is 0 Å². The lowest BCUT2D eigenvalue weighted by Gasteiger charge is -2.17. The molecular weight excluding hydrogens is 421 g/mol. The van der Waals surface area contributed by atoms with Crippen molar-refractivity contribution in [2.24, 2.45) is 0 Å². The first-order chi connectivity index (χ1) is 13.9. The van der Waals surface area contributed by atoms with Gasteiger partial charge in [0.15, 0.2) is 5.78 Å². The minimum atomic E-state index is -4.51. The number of hydrogen-bond acceptors (Lipinski definition) is 4. The maximum Gasteiger partial charge on any atom is 0.416 e. The molecule has 2 rings (SSSR count). The van der Waals surface area contributed by atoms with Crippen LogP contribution in [-0.2, 0) is 21.0 Å². The Kier molecular flexibility index (Phi) is 7.38. The number of carbonyl (C=O) groups excluding carboxylic acids is 2. The van der Waals surface area contributed by atoms with E-state index in [4.69, 9.17) is 0 Å². The van der Waals surface area contributed by atoms with E-state index in [0.29, 0.717) is 5.56 Å². The zero-order chi connectivity index (χ0) is 22.5. The summed E-state index contributed by atoms with van der Waals surface area (Å²) in [7, 11) is -2.43. The Labute approximate surface area is 172 Å². The van der Waals surface area contributed by atoms with Crippen molar-refractivity contribution in [1.82, 2.24) is 4.31 Å².